The summed E-state index contributed by atoms with van der Waals surface area (Å²) in [6.45, 7) is 10.9. The van der Waals surface area contributed by atoms with E-state index in [0.717, 1.165) is 25.2 Å². The number of rotatable bonds is 7. The maximum absolute atomic E-state index is 4.61. The zero-order valence-electron chi connectivity index (χ0n) is 13.7. The summed E-state index contributed by atoms with van der Waals surface area (Å²) in [7, 11) is 0. The van der Waals surface area contributed by atoms with E-state index in [0.29, 0.717) is 11.5 Å². The Morgan fingerprint density at radius 1 is 1.30 bits per heavy atom. The maximum atomic E-state index is 4.61. The highest BCUT2D eigenvalue weighted by Gasteiger charge is 2.39. The molecular weight excluding hydrogens is 246 g/mol. The predicted octanol–water partition coefficient (Wildman–Crippen LogP) is 3.70. The second-order valence-electron chi connectivity index (χ2n) is 6.33. The van der Waals surface area contributed by atoms with Crippen molar-refractivity contribution in [1.29, 1.82) is 0 Å². The molecule has 3 heteroatoms. The Kier molecular flexibility index (Phi) is 5.25. The summed E-state index contributed by atoms with van der Waals surface area (Å²) >= 11 is 0. The van der Waals surface area contributed by atoms with Gasteiger partial charge in [-0.15, -0.1) is 0 Å². The van der Waals surface area contributed by atoms with E-state index >= 15 is 0 Å². The number of aryl methyl sites for hydroxylation is 2. The van der Waals surface area contributed by atoms with Gasteiger partial charge in [0.25, 0.3) is 0 Å². The van der Waals surface area contributed by atoms with Crippen molar-refractivity contribution in [3.63, 3.8) is 0 Å². The van der Waals surface area contributed by atoms with Crippen LogP contribution in [0.3, 0.4) is 0 Å². The quantitative estimate of drug-likeness (QED) is 0.823. The fourth-order valence-corrected chi connectivity index (χ4v) is 4.03. The predicted molar refractivity (Wildman–Crippen MR) is 85.0 cm³/mol. The molecular formula is C17H31N3. The molecule has 1 unspecified atom stereocenters. The third kappa shape index (κ3) is 3.08. The molecule has 1 saturated carbocycles. The van der Waals surface area contributed by atoms with Gasteiger partial charge < -0.3 is 5.32 Å². The van der Waals surface area contributed by atoms with Crippen LogP contribution in [0.25, 0.3) is 0 Å². The van der Waals surface area contributed by atoms with Crippen LogP contribution in [0, 0.1) is 12.3 Å². The number of hydrogen-bond donors (Lipinski definition) is 1. The number of nitrogens with one attached hydrogen (secondary N) is 1. The van der Waals surface area contributed by atoms with E-state index in [9.17, 15) is 0 Å². The summed E-state index contributed by atoms with van der Waals surface area (Å²) < 4.78 is 2.18. The lowest BCUT2D eigenvalue weighted by atomic mass is 9.74. The Morgan fingerprint density at radius 3 is 2.55 bits per heavy atom. The summed E-state index contributed by atoms with van der Waals surface area (Å²) in [4.78, 5) is 0. The van der Waals surface area contributed by atoms with Crippen LogP contribution in [-0.4, -0.2) is 22.4 Å². The first-order chi connectivity index (χ1) is 9.65. The smallest absolute Gasteiger partial charge is 0.0596 e. The van der Waals surface area contributed by atoms with Crippen LogP contribution in [-0.2, 0) is 13.0 Å². The van der Waals surface area contributed by atoms with Crippen molar-refractivity contribution in [2.24, 2.45) is 5.41 Å². The zero-order chi connectivity index (χ0) is 14.6. The van der Waals surface area contributed by atoms with Gasteiger partial charge in [-0.3, -0.25) is 4.68 Å². The highest BCUT2D eigenvalue weighted by atomic mass is 15.3. The molecule has 0 aliphatic heterocycles. The molecule has 0 radical (unpaired) electrons. The van der Waals surface area contributed by atoms with E-state index in [1.807, 2.05) is 0 Å². The standard InChI is InChI=1S/C17H31N3/c1-5-17(10-8-9-11-17)16(18-6-2)13-15-12-14(4)19-20(15)7-3/h12,16,18H,5-11,13H2,1-4H3. The van der Waals surface area contributed by atoms with Crippen LogP contribution in [0.2, 0.25) is 0 Å². The lowest BCUT2D eigenvalue weighted by molar-refractivity contribution is 0.184. The molecule has 1 heterocycles. The SMILES string of the molecule is CCNC(Cc1cc(C)nn1CC)C1(CC)CCCC1. The van der Waals surface area contributed by atoms with Gasteiger partial charge in [-0.25, -0.2) is 0 Å². The van der Waals surface area contributed by atoms with Gasteiger partial charge in [-0.1, -0.05) is 26.7 Å². The second kappa shape index (κ2) is 6.75. The minimum absolute atomic E-state index is 0.507. The van der Waals surface area contributed by atoms with Crippen LogP contribution in [0.1, 0.15) is 64.3 Å². The summed E-state index contributed by atoms with van der Waals surface area (Å²) in [5.41, 5.74) is 3.05. The van der Waals surface area contributed by atoms with Crippen molar-refractivity contribution < 1.29 is 0 Å². The monoisotopic (exact) mass is 277 g/mol. The summed E-state index contributed by atoms with van der Waals surface area (Å²) in [6, 6.07) is 2.87. The molecule has 0 amide bonds. The highest BCUT2D eigenvalue weighted by molar-refractivity contribution is 5.12. The molecule has 1 fully saturated rings. The molecule has 0 saturated heterocycles. The maximum Gasteiger partial charge on any atom is 0.0596 e. The lowest BCUT2D eigenvalue weighted by Gasteiger charge is -2.37. The molecule has 1 aliphatic rings. The van der Waals surface area contributed by atoms with Crippen molar-refractivity contribution in [3.8, 4) is 0 Å². The van der Waals surface area contributed by atoms with Gasteiger partial charge in [-0.2, -0.15) is 5.10 Å². The Hall–Kier alpha value is -0.830. The molecule has 3 nitrogen and oxygen atoms in total. The van der Waals surface area contributed by atoms with E-state index in [1.54, 1.807) is 0 Å². The van der Waals surface area contributed by atoms with Crippen LogP contribution in [0.5, 0.6) is 0 Å². The normalized spacial score (nSPS) is 19.4. The van der Waals surface area contributed by atoms with Gasteiger partial charge in [0.05, 0.1) is 5.69 Å². The lowest BCUT2D eigenvalue weighted by Crippen LogP contribution is -2.45. The molecule has 20 heavy (non-hydrogen) atoms. The van der Waals surface area contributed by atoms with Crippen molar-refractivity contribution in [2.75, 3.05) is 6.54 Å². The Balaban J connectivity index is 2.20. The highest BCUT2D eigenvalue weighted by Crippen LogP contribution is 2.44. The Morgan fingerprint density at radius 2 is 2.00 bits per heavy atom. The van der Waals surface area contributed by atoms with Gasteiger partial charge in [-0.05, 0) is 51.1 Å². The molecule has 0 bridgehead atoms. The van der Waals surface area contributed by atoms with E-state index in [-0.39, 0.29) is 0 Å². The average molecular weight is 277 g/mol. The van der Waals surface area contributed by atoms with Crippen LogP contribution in [0.15, 0.2) is 6.07 Å². The first kappa shape index (κ1) is 15.6. The summed E-state index contributed by atoms with van der Waals surface area (Å²) in [6.07, 6.45) is 8.00. The fraction of sp³-hybridized carbons (Fsp3) is 0.824. The molecule has 1 N–H and O–H groups in total. The topological polar surface area (TPSA) is 29.9 Å². The Labute approximate surface area is 124 Å². The number of hydrogen-bond acceptors (Lipinski definition) is 2. The molecule has 2 rings (SSSR count). The van der Waals surface area contributed by atoms with Crippen molar-refractivity contribution in [2.45, 2.75) is 78.8 Å². The molecule has 114 valence electrons. The van der Waals surface area contributed by atoms with E-state index in [2.05, 4.69) is 48.9 Å². The van der Waals surface area contributed by atoms with Crippen molar-refractivity contribution in [1.82, 2.24) is 15.1 Å². The molecule has 0 spiro atoms. The average Bonchev–Trinajstić information content (AvgIpc) is 3.05. The molecule has 1 aromatic heterocycles. The zero-order valence-corrected chi connectivity index (χ0v) is 13.7. The summed E-state index contributed by atoms with van der Waals surface area (Å²) in [5.74, 6) is 0. The van der Waals surface area contributed by atoms with Gasteiger partial charge in [0.2, 0.25) is 0 Å². The first-order valence-corrected chi connectivity index (χ1v) is 8.42. The minimum atomic E-state index is 0.507. The molecule has 0 aromatic carbocycles. The van der Waals surface area contributed by atoms with Gasteiger partial charge >= 0.3 is 0 Å². The molecule has 1 aliphatic carbocycles. The Bertz CT molecular complexity index is 416. The van der Waals surface area contributed by atoms with Crippen molar-refractivity contribution in [3.05, 3.63) is 17.5 Å². The summed E-state index contributed by atoms with van der Waals surface area (Å²) in [5, 5.41) is 8.39. The van der Waals surface area contributed by atoms with Gasteiger partial charge in [0, 0.05) is 24.7 Å². The number of likely N-dealkylation sites (N-methyl/N-ethyl adjacent to an activating group) is 1. The van der Waals surface area contributed by atoms with Crippen LogP contribution in [0.4, 0.5) is 0 Å². The van der Waals surface area contributed by atoms with E-state index in [4.69, 9.17) is 0 Å². The first-order valence-electron chi connectivity index (χ1n) is 8.42. The van der Waals surface area contributed by atoms with E-state index in [1.165, 1.54) is 37.8 Å². The van der Waals surface area contributed by atoms with Crippen LogP contribution >= 0.6 is 0 Å². The van der Waals surface area contributed by atoms with Gasteiger partial charge in [0.1, 0.15) is 0 Å². The third-order valence-electron chi connectivity index (χ3n) is 5.19. The largest absolute Gasteiger partial charge is 0.313 e. The van der Waals surface area contributed by atoms with Gasteiger partial charge in [0.15, 0.2) is 0 Å². The van der Waals surface area contributed by atoms with E-state index < -0.39 is 0 Å². The molecule has 1 atom stereocenters. The fourth-order valence-electron chi connectivity index (χ4n) is 4.03. The molecule has 1 aromatic rings. The number of aromatic nitrogens is 2. The third-order valence-corrected chi connectivity index (χ3v) is 5.19. The van der Waals surface area contributed by atoms with Crippen LogP contribution < -0.4 is 5.32 Å². The van der Waals surface area contributed by atoms with Crippen molar-refractivity contribution >= 4 is 0 Å². The second-order valence-corrected chi connectivity index (χ2v) is 6.33. The minimum Gasteiger partial charge on any atom is -0.313 e. The number of nitrogens with zero attached hydrogens (tertiary/aromatic N) is 2.